The number of para-hydroxylation sites is 2. The third kappa shape index (κ3) is 4.39. The van der Waals surface area contributed by atoms with E-state index in [1.807, 2.05) is 6.07 Å². The van der Waals surface area contributed by atoms with Gasteiger partial charge in [-0.3, -0.25) is 14.0 Å². The van der Waals surface area contributed by atoms with Crippen molar-refractivity contribution in [3.05, 3.63) is 94.5 Å². The maximum atomic E-state index is 12.8. The average molecular weight is 431 g/mol. The molecule has 0 atom stereocenters. The third-order valence-corrected chi connectivity index (χ3v) is 4.78. The molecule has 2 aromatic carbocycles. The highest BCUT2D eigenvalue weighted by molar-refractivity contribution is 6.05. The van der Waals surface area contributed by atoms with E-state index in [0.29, 0.717) is 39.8 Å². The van der Waals surface area contributed by atoms with E-state index in [2.05, 4.69) is 10.3 Å². The number of carbonyl (C=O) groups is 1. The minimum atomic E-state index is -0.330. The number of methoxy groups -OCH3 is 2. The minimum absolute atomic E-state index is 0.0733. The lowest BCUT2D eigenvalue weighted by molar-refractivity contribution is 0.102. The van der Waals surface area contributed by atoms with Crippen LogP contribution in [0.3, 0.4) is 0 Å². The molecule has 0 spiro atoms. The van der Waals surface area contributed by atoms with Gasteiger partial charge in [-0.25, -0.2) is 4.98 Å². The van der Waals surface area contributed by atoms with E-state index in [-0.39, 0.29) is 18.1 Å². The molecule has 32 heavy (non-hydrogen) atoms. The zero-order valence-electron chi connectivity index (χ0n) is 17.6. The van der Waals surface area contributed by atoms with Crippen molar-refractivity contribution in [1.29, 1.82) is 0 Å². The summed E-state index contributed by atoms with van der Waals surface area (Å²) in [6.07, 6.45) is 1.66. The quantitative estimate of drug-likeness (QED) is 0.481. The highest BCUT2D eigenvalue weighted by atomic mass is 16.5. The average Bonchev–Trinajstić information content (AvgIpc) is 2.83. The molecule has 0 fully saturated rings. The molecule has 4 rings (SSSR count). The number of nitrogens with zero attached hydrogens (tertiary/aromatic N) is 2. The van der Waals surface area contributed by atoms with E-state index in [0.717, 1.165) is 0 Å². The molecule has 162 valence electrons. The fourth-order valence-electron chi connectivity index (χ4n) is 3.20. The molecule has 2 heterocycles. The van der Waals surface area contributed by atoms with Crippen molar-refractivity contribution >= 4 is 17.2 Å². The first-order valence-electron chi connectivity index (χ1n) is 9.81. The molecule has 2 aromatic heterocycles. The Kier molecular flexibility index (Phi) is 6.03. The van der Waals surface area contributed by atoms with Gasteiger partial charge < -0.3 is 19.5 Å². The van der Waals surface area contributed by atoms with Crippen LogP contribution < -0.4 is 25.1 Å². The van der Waals surface area contributed by atoms with Crippen molar-refractivity contribution < 1.29 is 19.0 Å². The molecular weight excluding hydrogens is 410 g/mol. The van der Waals surface area contributed by atoms with Crippen LogP contribution in [0.4, 0.5) is 5.69 Å². The fraction of sp³-hybridized carbons (Fsp3) is 0.125. The Labute approximate surface area is 184 Å². The van der Waals surface area contributed by atoms with Gasteiger partial charge in [0.25, 0.3) is 11.5 Å². The van der Waals surface area contributed by atoms with E-state index in [9.17, 15) is 9.59 Å². The molecule has 0 unspecified atom stereocenters. The molecule has 8 nitrogen and oxygen atoms in total. The molecule has 0 saturated carbocycles. The van der Waals surface area contributed by atoms with Gasteiger partial charge in [-0.15, -0.1) is 0 Å². The molecule has 0 bridgehead atoms. The zero-order valence-corrected chi connectivity index (χ0v) is 17.6. The van der Waals surface area contributed by atoms with E-state index in [4.69, 9.17) is 14.2 Å². The van der Waals surface area contributed by atoms with Crippen LogP contribution in [-0.2, 0) is 6.61 Å². The molecule has 0 aliphatic carbocycles. The standard InChI is InChI=1S/C24H21N3O5/c1-30-20-11-10-16(13-21(20)31-2)24(29)26-18-7-3-4-8-19(18)32-15-17-14-23(28)27-12-6-5-9-22(27)25-17/h3-14H,15H2,1-2H3,(H,26,29). The van der Waals surface area contributed by atoms with Crippen LogP contribution >= 0.6 is 0 Å². The van der Waals surface area contributed by atoms with Gasteiger partial charge in [0.05, 0.1) is 25.6 Å². The number of ether oxygens (including phenoxy) is 3. The predicted octanol–water partition coefficient (Wildman–Crippen LogP) is 3.54. The van der Waals surface area contributed by atoms with Gasteiger partial charge >= 0.3 is 0 Å². The van der Waals surface area contributed by atoms with Gasteiger partial charge in [-0.1, -0.05) is 18.2 Å². The number of fused-ring (bicyclic) bond motifs is 1. The van der Waals surface area contributed by atoms with E-state index in [1.165, 1.54) is 24.7 Å². The summed E-state index contributed by atoms with van der Waals surface area (Å²) in [7, 11) is 3.04. The lowest BCUT2D eigenvalue weighted by Crippen LogP contribution is -2.16. The second kappa shape index (κ2) is 9.22. The Balaban J connectivity index is 1.52. The number of aromatic nitrogens is 2. The topological polar surface area (TPSA) is 91.2 Å². The molecular formula is C24H21N3O5. The van der Waals surface area contributed by atoms with Gasteiger partial charge in [0.2, 0.25) is 0 Å². The SMILES string of the molecule is COc1ccc(C(=O)Nc2ccccc2OCc2cc(=O)n3ccccc3n2)cc1OC. The van der Waals surface area contributed by atoms with Crippen molar-refractivity contribution in [3.63, 3.8) is 0 Å². The van der Waals surface area contributed by atoms with Crippen molar-refractivity contribution in [3.8, 4) is 17.2 Å². The lowest BCUT2D eigenvalue weighted by atomic mass is 10.1. The second-order valence-corrected chi connectivity index (χ2v) is 6.82. The Hall–Kier alpha value is -4.33. The maximum absolute atomic E-state index is 12.8. The maximum Gasteiger partial charge on any atom is 0.258 e. The first-order chi connectivity index (χ1) is 15.6. The van der Waals surface area contributed by atoms with Gasteiger partial charge in [-0.05, 0) is 42.5 Å². The van der Waals surface area contributed by atoms with E-state index in [1.54, 1.807) is 60.8 Å². The summed E-state index contributed by atoms with van der Waals surface area (Å²) >= 11 is 0. The Morgan fingerprint density at radius 3 is 2.53 bits per heavy atom. The fourth-order valence-corrected chi connectivity index (χ4v) is 3.20. The molecule has 1 amide bonds. The molecule has 1 N–H and O–H groups in total. The summed E-state index contributed by atoms with van der Waals surface area (Å²) in [6, 6.07) is 18.7. The van der Waals surface area contributed by atoms with Crippen LogP contribution in [0.15, 0.2) is 77.7 Å². The number of carbonyl (C=O) groups excluding carboxylic acids is 1. The lowest BCUT2D eigenvalue weighted by Gasteiger charge is -2.13. The summed E-state index contributed by atoms with van der Waals surface area (Å²) in [4.78, 5) is 29.5. The Bertz CT molecular complexity index is 1330. The number of pyridine rings is 1. The van der Waals surface area contributed by atoms with Crippen LogP contribution in [0.5, 0.6) is 17.2 Å². The summed E-state index contributed by atoms with van der Waals surface area (Å²) in [5.74, 6) is 1.12. The number of hydrogen-bond donors (Lipinski definition) is 1. The Morgan fingerprint density at radius 1 is 0.938 bits per heavy atom. The number of hydrogen-bond acceptors (Lipinski definition) is 6. The molecule has 8 heteroatoms. The zero-order chi connectivity index (χ0) is 22.5. The van der Waals surface area contributed by atoms with Crippen LogP contribution in [0.2, 0.25) is 0 Å². The molecule has 0 saturated heterocycles. The smallest absolute Gasteiger partial charge is 0.258 e. The molecule has 4 aromatic rings. The highest BCUT2D eigenvalue weighted by Crippen LogP contribution is 2.29. The largest absolute Gasteiger partial charge is 0.493 e. The second-order valence-electron chi connectivity index (χ2n) is 6.82. The van der Waals surface area contributed by atoms with Crippen LogP contribution in [0.25, 0.3) is 5.65 Å². The Morgan fingerprint density at radius 2 is 1.72 bits per heavy atom. The first kappa shape index (κ1) is 20.9. The molecule has 0 aliphatic rings. The predicted molar refractivity (Wildman–Crippen MR) is 120 cm³/mol. The third-order valence-electron chi connectivity index (χ3n) is 4.78. The van der Waals surface area contributed by atoms with Gasteiger partial charge in [0, 0.05) is 17.8 Å². The van der Waals surface area contributed by atoms with E-state index < -0.39 is 0 Å². The van der Waals surface area contributed by atoms with Crippen LogP contribution in [0, 0.1) is 0 Å². The number of anilines is 1. The summed E-state index contributed by atoms with van der Waals surface area (Å²) in [6.45, 7) is 0.0733. The molecule has 0 radical (unpaired) electrons. The van der Waals surface area contributed by atoms with Crippen molar-refractivity contribution in [2.45, 2.75) is 6.61 Å². The number of rotatable bonds is 7. The summed E-state index contributed by atoms with van der Waals surface area (Å²) in [5, 5.41) is 2.85. The number of amides is 1. The minimum Gasteiger partial charge on any atom is -0.493 e. The highest BCUT2D eigenvalue weighted by Gasteiger charge is 2.13. The number of benzene rings is 2. The van der Waals surface area contributed by atoms with Gasteiger partial charge in [0.15, 0.2) is 11.5 Å². The molecule has 0 aliphatic heterocycles. The van der Waals surface area contributed by atoms with Crippen molar-refractivity contribution in [2.75, 3.05) is 19.5 Å². The van der Waals surface area contributed by atoms with Crippen LogP contribution in [0.1, 0.15) is 16.1 Å². The van der Waals surface area contributed by atoms with Gasteiger partial charge in [-0.2, -0.15) is 0 Å². The van der Waals surface area contributed by atoms with Crippen molar-refractivity contribution in [2.24, 2.45) is 0 Å². The van der Waals surface area contributed by atoms with Crippen molar-refractivity contribution in [1.82, 2.24) is 9.38 Å². The first-order valence-corrected chi connectivity index (χ1v) is 9.81. The van der Waals surface area contributed by atoms with E-state index >= 15 is 0 Å². The monoisotopic (exact) mass is 431 g/mol. The summed E-state index contributed by atoms with van der Waals surface area (Å²) in [5.41, 5.74) is 1.73. The van der Waals surface area contributed by atoms with Crippen LogP contribution in [-0.4, -0.2) is 29.5 Å². The summed E-state index contributed by atoms with van der Waals surface area (Å²) < 4.78 is 17.8. The normalized spacial score (nSPS) is 10.6. The van der Waals surface area contributed by atoms with Gasteiger partial charge in [0.1, 0.15) is 18.0 Å². The number of nitrogens with one attached hydrogen (secondary N) is 1.